The number of amides is 1. The van der Waals surface area contributed by atoms with E-state index in [4.69, 9.17) is 0 Å². The van der Waals surface area contributed by atoms with E-state index in [1.54, 1.807) is 18.5 Å². The summed E-state index contributed by atoms with van der Waals surface area (Å²) in [7, 11) is 0. The Morgan fingerprint density at radius 2 is 1.81 bits per heavy atom. The predicted molar refractivity (Wildman–Crippen MR) is 99.3 cm³/mol. The van der Waals surface area contributed by atoms with Crippen LogP contribution in [0, 0.1) is 0 Å². The average Bonchev–Trinajstić information content (AvgIpc) is 2.93. The Bertz CT molecular complexity index is 986. The third-order valence-electron chi connectivity index (χ3n) is 4.60. The van der Waals surface area contributed by atoms with Gasteiger partial charge in [-0.15, -0.1) is 0 Å². The minimum absolute atomic E-state index is 0.108. The fraction of sp³-hybridized carbons (Fsp3) is 0.263. The van der Waals surface area contributed by atoms with Gasteiger partial charge in [-0.2, -0.15) is 0 Å². The smallest absolute Gasteiger partial charge is 0.254 e. The number of benzene rings is 1. The number of rotatable bonds is 2. The lowest BCUT2D eigenvalue weighted by molar-refractivity contribution is 0.0768. The normalized spacial score (nSPS) is 15.1. The lowest BCUT2D eigenvalue weighted by Crippen LogP contribution is -2.36. The number of H-pyrrole nitrogens is 1. The third kappa shape index (κ3) is 3.15. The standard InChI is InChI=1S/C19H19N5O2/c25-17-13-15(14-5-1-2-6-16(14)22-17)18(26)23-9-4-10-24(12-11-23)19-20-7-3-8-21-19/h1-3,5-8,13H,4,9-12H2,(H,22,25). The Hall–Kier alpha value is -3.22. The molecule has 1 N–H and O–H groups in total. The molecule has 0 radical (unpaired) electrons. The predicted octanol–water partition coefficient (Wildman–Crippen LogP) is 1.67. The highest BCUT2D eigenvalue weighted by Crippen LogP contribution is 2.18. The fourth-order valence-electron chi connectivity index (χ4n) is 3.33. The van der Waals surface area contributed by atoms with Gasteiger partial charge in [0.15, 0.2) is 0 Å². The van der Waals surface area contributed by atoms with Gasteiger partial charge in [0.2, 0.25) is 11.5 Å². The topological polar surface area (TPSA) is 82.2 Å². The van der Waals surface area contributed by atoms with E-state index in [1.165, 1.54) is 6.07 Å². The van der Waals surface area contributed by atoms with Gasteiger partial charge in [-0.25, -0.2) is 9.97 Å². The summed E-state index contributed by atoms with van der Waals surface area (Å²) < 4.78 is 0. The number of aromatic nitrogens is 3. The first-order valence-corrected chi connectivity index (χ1v) is 8.66. The van der Waals surface area contributed by atoms with Crippen LogP contribution in [0.3, 0.4) is 0 Å². The summed E-state index contributed by atoms with van der Waals surface area (Å²) in [6, 6.07) is 10.6. The van der Waals surface area contributed by atoms with Crippen molar-refractivity contribution in [3.05, 3.63) is 64.7 Å². The number of carbonyl (C=O) groups excluding carboxylic acids is 1. The quantitative estimate of drug-likeness (QED) is 0.761. The van der Waals surface area contributed by atoms with Crippen LogP contribution in [0.15, 0.2) is 53.6 Å². The number of para-hydroxylation sites is 1. The molecule has 1 saturated heterocycles. The van der Waals surface area contributed by atoms with Crippen molar-refractivity contribution < 1.29 is 4.79 Å². The van der Waals surface area contributed by atoms with Gasteiger partial charge in [-0.1, -0.05) is 18.2 Å². The number of fused-ring (bicyclic) bond motifs is 1. The highest BCUT2D eigenvalue weighted by atomic mass is 16.2. The van der Waals surface area contributed by atoms with Crippen molar-refractivity contribution >= 4 is 22.8 Å². The summed E-state index contributed by atoms with van der Waals surface area (Å²) in [4.78, 5) is 40.3. The van der Waals surface area contributed by atoms with E-state index in [1.807, 2.05) is 29.2 Å². The molecule has 7 nitrogen and oxygen atoms in total. The number of hydrogen-bond donors (Lipinski definition) is 1. The molecule has 2 aromatic heterocycles. The van der Waals surface area contributed by atoms with Gasteiger partial charge in [-0.3, -0.25) is 9.59 Å². The number of hydrogen-bond acceptors (Lipinski definition) is 5. The molecular weight excluding hydrogens is 330 g/mol. The first-order chi connectivity index (χ1) is 12.7. The number of carbonyl (C=O) groups is 1. The van der Waals surface area contributed by atoms with Crippen LogP contribution in [0.25, 0.3) is 10.9 Å². The largest absolute Gasteiger partial charge is 0.339 e. The van der Waals surface area contributed by atoms with Gasteiger partial charge < -0.3 is 14.8 Å². The molecule has 1 amide bonds. The summed E-state index contributed by atoms with van der Waals surface area (Å²) in [6.45, 7) is 2.67. The monoisotopic (exact) mass is 349 g/mol. The number of nitrogens with zero attached hydrogens (tertiary/aromatic N) is 4. The molecule has 1 aliphatic heterocycles. The van der Waals surface area contributed by atoms with E-state index in [2.05, 4.69) is 19.9 Å². The molecule has 3 heterocycles. The summed E-state index contributed by atoms with van der Waals surface area (Å²) in [5.74, 6) is 0.575. The molecule has 1 aliphatic rings. The van der Waals surface area contributed by atoms with Gasteiger partial charge in [0.05, 0.1) is 5.56 Å². The van der Waals surface area contributed by atoms with Gasteiger partial charge in [-0.05, 0) is 18.6 Å². The van der Waals surface area contributed by atoms with Crippen molar-refractivity contribution in [2.45, 2.75) is 6.42 Å². The first-order valence-electron chi connectivity index (χ1n) is 8.66. The van der Waals surface area contributed by atoms with Crippen molar-refractivity contribution in [3.8, 4) is 0 Å². The van der Waals surface area contributed by atoms with E-state index < -0.39 is 0 Å². The van der Waals surface area contributed by atoms with Crippen LogP contribution in [0.2, 0.25) is 0 Å². The third-order valence-corrected chi connectivity index (χ3v) is 4.60. The van der Waals surface area contributed by atoms with Crippen molar-refractivity contribution in [2.24, 2.45) is 0 Å². The lowest BCUT2D eigenvalue weighted by Gasteiger charge is -2.22. The second-order valence-corrected chi connectivity index (χ2v) is 6.27. The number of nitrogens with one attached hydrogen (secondary N) is 1. The molecule has 1 fully saturated rings. The summed E-state index contributed by atoms with van der Waals surface area (Å²) in [5.41, 5.74) is 0.868. The Morgan fingerprint density at radius 1 is 1.00 bits per heavy atom. The zero-order valence-electron chi connectivity index (χ0n) is 14.3. The van der Waals surface area contributed by atoms with E-state index in [-0.39, 0.29) is 11.5 Å². The molecule has 4 rings (SSSR count). The second kappa shape index (κ2) is 6.95. The molecule has 7 heteroatoms. The first kappa shape index (κ1) is 16.3. The minimum Gasteiger partial charge on any atom is -0.339 e. The van der Waals surface area contributed by atoms with Gasteiger partial charge in [0.1, 0.15) is 0 Å². The van der Waals surface area contributed by atoms with Crippen molar-refractivity contribution in [3.63, 3.8) is 0 Å². The van der Waals surface area contributed by atoms with E-state index in [0.29, 0.717) is 36.7 Å². The molecular formula is C19H19N5O2. The second-order valence-electron chi connectivity index (χ2n) is 6.27. The van der Waals surface area contributed by atoms with Crippen LogP contribution < -0.4 is 10.5 Å². The van der Waals surface area contributed by atoms with Gasteiger partial charge in [0, 0.05) is 55.5 Å². The molecule has 26 heavy (non-hydrogen) atoms. The molecule has 1 aromatic carbocycles. The summed E-state index contributed by atoms with van der Waals surface area (Å²) >= 11 is 0. The number of aromatic amines is 1. The summed E-state index contributed by atoms with van der Waals surface area (Å²) in [5, 5.41) is 0.768. The van der Waals surface area contributed by atoms with Crippen molar-refractivity contribution in [2.75, 3.05) is 31.1 Å². The van der Waals surface area contributed by atoms with Gasteiger partial charge >= 0.3 is 0 Å². The maximum atomic E-state index is 13.1. The Morgan fingerprint density at radius 3 is 2.65 bits per heavy atom. The van der Waals surface area contributed by atoms with Crippen LogP contribution in [-0.4, -0.2) is 51.9 Å². The number of anilines is 1. The summed E-state index contributed by atoms with van der Waals surface area (Å²) in [6.07, 6.45) is 4.27. The zero-order valence-corrected chi connectivity index (χ0v) is 14.3. The van der Waals surface area contributed by atoms with Crippen LogP contribution in [0.5, 0.6) is 0 Å². The Kier molecular flexibility index (Phi) is 4.35. The highest BCUT2D eigenvalue weighted by Gasteiger charge is 2.23. The molecule has 0 unspecified atom stereocenters. The molecule has 0 bridgehead atoms. The van der Waals surface area contributed by atoms with Crippen molar-refractivity contribution in [1.82, 2.24) is 19.9 Å². The zero-order chi connectivity index (χ0) is 17.9. The average molecular weight is 349 g/mol. The number of pyridine rings is 1. The molecule has 0 spiro atoms. The Balaban J connectivity index is 1.59. The van der Waals surface area contributed by atoms with Crippen LogP contribution in [0.1, 0.15) is 16.8 Å². The van der Waals surface area contributed by atoms with E-state index in [9.17, 15) is 9.59 Å². The van der Waals surface area contributed by atoms with Crippen LogP contribution in [0.4, 0.5) is 5.95 Å². The van der Waals surface area contributed by atoms with Gasteiger partial charge in [0.25, 0.3) is 5.91 Å². The van der Waals surface area contributed by atoms with E-state index >= 15 is 0 Å². The Labute approximate surface area is 150 Å². The maximum absolute atomic E-state index is 13.1. The maximum Gasteiger partial charge on any atom is 0.254 e. The SMILES string of the molecule is O=C(c1cc(=O)[nH]c2ccccc12)N1CCCN(c2ncccn2)CC1. The minimum atomic E-state index is -0.263. The molecule has 0 saturated carbocycles. The van der Waals surface area contributed by atoms with Crippen LogP contribution >= 0.6 is 0 Å². The van der Waals surface area contributed by atoms with Crippen molar-refractivity contribution in [1.29, 1.82) is 0 Å². The fourth-order valence-corrected chi connectivity index (χ4v) is 3.33. The van der Waals surface area contributed by atoms with E-state index in [0.717, 1.165) is 18.4 Å². The molecule has 0 aliphatic carbocycles. The lowest BCUT2D eigenvalue weighted by atomic mass is 10.1. The molecule has 132 valence electrons. The molecule has 3 aromatic rings. The van der Waals surface area contributed by atoms with Crippen LogP contribution in [-0.2, 0) is 0 Å². The molecule has 0 atom stereocenters. The highest BCUT2D eigenvalue weighted by molar-refractivity contribution is 6.05.